The van der Waals surface area contributed by atoms with Crippen LogP contribution in [0.5, 0.6) is 0 Å². The van der Waals surface area contributed by atoms with Crippen LogP contribution in [0.4, 0.5) is 0 Å². The van der Waals surface area contributed by atoms with Crippen LogP contribution in [0.1, 0.15) is 40.5 Å². The molecule has 0 fully saturated rings. The summed E-state index contributed by atoms with van der Waals surface area (Å²) in [5.41, 5.74) is 0. The molecule has 0 spiro atoms. The number of hydrogen-bond acceptors (Lipinski definition) is 3. The first kappa shape index (κ1) is 14.4. The minimum Gasteiger partial charge on any atom is -0.300 e. The van der Waals surface area contributed by atoms with Gasteiger partial charge in [0, 0.05) is 18.1 Å². The van der Waals surface area contributed by atoms with Gasteiger partial charge in [-0.1, -0.05) is 30.8 Å². The van der Waals surface area contributed by atoms with Crippen LogP contribution in [0.3, 0.4) is 0 Å². The zero-order chi connectivity index (χ0) is 11.8. The summed E-state index contributed by atoms with van der Waals surface area (Å²) in [6.07, 6.45) is 5.88. The van der Waals surface area contributed by atoms with Crippen molar-refractivity contribution >= 4 is 22.7 Å². The van der Waals surface area contributed by atoms with E-state index in [0.717, 1.165) is 12.8 Å². The van der Waals surface area contributed by atoms with Crippen LogP contribution in [0, 0.1) is 5.92 Å². The summed E-state index contributed by atoms with van der Waals surface area (Å²) < 4.78 is 0. The molecular formula is C12H20O2S. The molecule has 0 rings (SSSR count). The number of allylic oxidation sites excluding steroid dienone is 2. The monoisotopic (exact) mass is 228 g/mol. The third-order valence-corrected chi connectivity index (χ3v) is 3.65. The van der Waals surface area contributed by atoms with Crippen molar-refractivity contribution in [2.75, 3.05) is 0 Å². The van der Waals surface area contributed by atoms with E-state index in [1.54, 1.807) is 13.8 Å². The Morgan fingerprint density at radius 2 is 1.93 bits per heavy atom. The number of ketones is 1. The lowest BCUT2D eigenvalue weighted by atomic mass is 9.99. The smallest absolute Gasteiger partial charge is 0.186 e. The zero-order valence-electron chi connectivity index (χ0n) is 9.95. The van der Waals surface area contributed by atoms with Crippen LogP contribution in [-0.4, -0.2) is 16.1 Å². The molecule has 0 saturated carbocycles. The number of rotatable bonds is 6. The van der Waals surface area contributed by atoms with Gasteiger partial charge in [-0.2, -0.15) is 0 Å². The quantitative estimate of drug-likeness (QED) is 0.655. The highest BCUT2D eigenvalue weighted by atomic mass is 32.2. The summed E-state index contributed by atoms with van der Waals surface area (Å²) >= 11 is 1.29. The number of carbonyl (C=O) groups is 2. The predicted molar refractivity (Wildman–Crippen MR) is 66.0 cm³/mol. The number of carbonyl (C=O) groups excluding carboxylic acids is 2. The summed E-state index contributed by atoms with van der Waals surface area (Å²) in [4.78, 5) is 22.3. The SMILES string of the molecule is CC=CCCC(SC(C)=O)C(C)C(C)=O. The lowest BCUT2D eigenvalue weighted by Crippen LogP contribution is -2.22. The molecule has 0 bridgehead atoms. The molecule has 0 aromatic rings. The van der Waals surface area contributed by atoms with E-state index in [1.807, 2.05) is 19.9 Å². The second-order valence-corrected chi connectivity index (χ2v) is 5.11. The molecule has 0 aromatic carbocycles. The fourth-order valence-electron chi connectivity index (χ4n) is 1.31. The summed E-state index contributed by atoms with van der Waals surface area (Å²) in [6.45, 7) is 7.02. The highest BCUT2D eigenvalue weighted by Crippen LogP contribution is 2.25. The van der Waals surface area contributed by atoms with Crippen LogP contribution < -0.4 is 0 Å². The molecule has 0 saturated heterocycles. The molecule has 0 radical (unpaired) electrons. The van der Waals surface area contributed by atoms with Gasteiger partial charge in [-0.3, -0.25) is 9.59 Å². The maximum absolute atomic E-state index is 11.3. The molecule has 2 atom stereocenters. The van der Waals surface area contributed by atoms with Gasteiger partial charge in [0.25, 0.3) is 0 Å². The van der Waals surface area contributed by atoms with Gasteiger partial charge in [0.15, 0.2) is 5.12 Å². The fourth-order valence-corrected chi connectivity index (χ4v) is 2.39. The minimum absolute atomic E-state index is 0.0378. The number of Topliss-reactive ketones (excluding diaryl/α,β-unsaturated/α-hetero) is 1. The Labute approximate surface area is 96.5 Å². The van der Waals surface area contributed by atoms with Gasteiger partial charge in [-0.15, -0.1) is 0 Å². The molecule has 0 aliphatic heterocycles. The topological polar surface area (TPSA) is 34.1 Å². The van der Waals surface area contributed by atoms with Crippen molar-refractivity contribution in [1.29, 1.82) is 0 Å². The summed E-state index contributed by atoms with van der Waals surface area (Å²) in [6, 6.07) is 0. The zero-order valence-corrected chi connectivity index (χ0v) is 10.8. The highest BCUT2D eigenvalue weighted by Gasteiger charge is 2.22. The summed E-state index contributed by atoms with van der Waals surface area (Å²) in [5.74, 6) is 0.124. The van der Waals surface area contributed by atoms with E-state index in [4.69, 9.17) is 0 Å². The Morgan fingerprint density at radius 1 is 1.33 bits per heavy atom. The molecule has 15 heavy (non-hydrogen) atoms. The van der Waals surface area contributed by atoms with Gasteiger partial charge in [0.1, 0.15) is 5.78 Å². The van der Waals surface area contributed by atoms with Gasteiger partial charge in [0.2, 0.25) is 0 Å². The van der Waals surface area contributed by atoms with Gasteiger partial charge in [-0.25, -0.2) is 0 Å². The highest BCUT2D eigenvalue weighted by molar-refractivity contribution is 8.14. The van der Waals surface area contributed by atoms with Crippen LogP contribution >= 0.6 is 11.8 Å². The summed E-state index contributed by atoms with van der Waals surface area (Å²) in [5, 5.41) is 0.213. The number of hydrogen-bond donors (Lipinski definition) is 0. The molecule has 0 aliphatic rings. The number of thioether (sulfide) groups is 1. The van der Waals surface area contributed by atoms with Gasteiger partial charge < -0.3 is 0 Å². The second kappa shape index (κ2) is 7.69. The molecule has 0 aromatic heterocycles. The van der Waals surface area contributed by atoms with E-state index in [0.29, 0.717) is 0 Å². The van der Waals surface area contributed by atoms with Gasteiger partial charge in [0.05, 0.1) is 0 Å². The van der Waals surface area contributed by atoms with E-state index in [-0.39, 0.29) is 22.1 Å². The Kier molecular flexibility index (Phi) is 7.39. The second-order valence-electron chi connectivity index (χ2n) is 3.69. The normalized spacial score (nSPS) is 15.2. The first-order valence-electron chi connectivity index (χ1n) is 5.27. The third-order valence-electron chi connectivity index (χ3n) is 2.37. The van der Waals surface area contributed by atoms with Crippen molar-refractivity contribution in [2.24, 2.45) is 5.92 Å². The van der Waals surface area contributed by atoms with Crippen molar-refractivity contribution < 1.29 is 9.59 Å². The van der Waals surface area contributed by atoms with Crippen molar-refractivity contribution in [1.82, 2.24) is 0 Å². The Hall–Kier alpha value is -0.570. The Balaban J connectivity index is 4.29. The largest absolute Gasteiger partial charge is 0.300 e. The minimum atomic E-state index is -0.0378. The fraction of sp³-hybridized carbons (Fsp3) is 0.667. The molecule has 2 unspecified atom stereocenters. The molecule has 2 nitrogen and oxygen atoms in total. The first-order valence-corrected chi connectivity index (χ1v) is 6.15. The van der Waals surface area contributed by atoms with E-state index < -0.39 is 0 Å². The Bertz CT molecular complexity index is 246. The Morgan fingerprint density at radius 3 is 2.33 bits per heavy atom. The lowest BCUT2D eigenvalue weighted by molar-refractivity contribution is -0.120. The van der Waals surface area contributed by atoms with E-state index in [9.17, 15) is 9.59 Å². The van der Waals surface area contributed by atoms with Crippen LogP contribution in [0.2, 0.25) is 0 Å². The average Bonchev–Trinajstić information content (AvgIpc) is 2.14. The first-order chi connectivity index (χ1) is 6.99. The lowest BCUT2D eigenvalue weighted by Gasteiger charge is -2.19. The van der Waals surface area contributed by atoms with Crippen LogP contribution in [-0.2, 0) is 9.59 Å². The van der Waals surface area contributed by atoms with E-state index >= 15 is 0 Å². The predicted octanol–water partition coefficient (Wildman–Crippen LogP) is 3.22. The maximum Gasteiger partial charge on any atom is 0.186 e. The summed E-state index contributed by atoms with van der Waals surface area (Å²) in [7, 11) is 0. The van der Waals surface area contributed by atoms with Crippen molar-refractivity contribution in [3.8, 4) is 0 Å². The molecule has 0 aliphatic carbocycles. The average molecular weight is 228 g/mol. The van der Waals surface area contributed by atoms with Crippen molar-refractivity contribution in [3.63, 3.8) is 0 Å². The molecule has 0 N–H and O–H groups in total. The molecular weight excluding hydrogens is 208 g/mol. The van der Waals surface area contributed by atoms with Gasteiger partial charge >= 0.3 is 0 Å². The van der Waals surface area contributed by atoms with E-state index in [2.05, 4.69) is 6.08 Å². The van der Waals surface area contributed by atoms with Crippen LogP contribution in [0.25, 0.3) is 0 Å². The molecule has 86 valence electrons. The molecule has 0 heterocycles. The maximum atomic E-state index is 11.3. The molecule has 3 heteroatoms. The standard InChI is InChI=1S/C12H20O2S/c1-5-6-7-8-12(15-11(4)14)9(2)10(3)13/h5-6,9,12H,7-8H2,1-4H3. The molecule has 0 amide bonds. The van der Waals surface area contributed by atoms with Gasteiger partial charge in [-0.05, 0) is 26.7 Å². The van der Waals surface area contributed by atoms with Crippen molar-refractivity contribution in [3.05, 3.63) is 12.2 Å². The van der Waals surface area contributed by atoms with Crippen molar-refractivity contribution in [2.45, 2.75) is 45.8 Å². The van der Waals surface area contributed by atoms with Crippen LogP contribution in [0.15, 0.2) is 12.2 Å². The van der Waals surface area contributed by atoms with E-state index in [1.165, 1.54) is 11.8 Å². The third kappa shape index (κ3) is 6.50.